The Balaban J connectivity index is 0.000000902. The van der Waals surface area contributed by atoms with Crippen molar-refractivity contribution >= 4 is 17.8 Å². The fourth-order valence-corrected chi connectivity index (χ4v) is 6.14. The summed E-state index contributed by atoms with van der Waals surface area (Å²) in [5, 5.41) is 14.1. The molecule has 11 nitrogen and oxygen atoms in total. The third kappa shape index (κ3) is 43.3. The molecule has 7 N–H and O–H groups in total. The maximum atomic E-state index is 11.7. The predicted octanol–water partition coefficient (Wildman–Crippen LogP) is 11.5. The lowest BCUT2D eigenvalue weighted by molar-refractivity contribution is -0.143. The quantitative estimate of drug-likeness (QED) is 0.0875. The lowest BCUT2D eigenvalue weighted by Crippen LogP contribution is -2.29. The molecule has 0 aliphatic heterocycles. The molecule has 0 fully saturated rings. The van der Waals surface area contributed by atoms with Crippen LogP contribution in [-0.2, 0) is 48.2 Å². The second-order valence-corrected chi connectivity index (χ2v) is 17.2. The first-order chi connectivity index (χ1) is 35.1. The van der Waals surface area contributed by atoms with E-state index in [0.717, 1.165) is 81.9 Å². The number of amides is 2. The van der Waals surface area contributed by atoms with Crippen molar-refractivity contribution in [3.63, 3.8) is 0 Å². The Morgan fingerprint density at radius 1 is 0.486 bits per heavy atom. The van der Waals surface area contributed by atoms with Crippen LogP contribution in [0.3, 0.4) is 0 Å². The van der Waals surface area contributed by atoms with Crippen LogP contribution in [-0.4, -0.2) is 67.6 Å². The first-order valence-corrected chi connectivity index (χ1v) is 26.7. The van der Waals surface area contributed by atoms with E-state index in [-0.39, 0.29) is 49.9 Å². The highest BCUT2D eigenvalue weighted by Crippen LogP contribution is 2.13. The van der Waals surface area contributed by atoms with Crippen molar-refractivity contribution in [2.75, 3.05) is 26.4 Å². The first-order valence-electron chi connectivity index (χ1n) is 26.7. The van der Waals surface area contributed by atoms with Crippen LogP contribution in [0.15, 0.2) is 91.0 Å². The molecule has 3 aliphatic rings. The van der Waals surface area contributed by atoms with Gasteiger partial charge in [-0.05, 0) is 81.0 Å². The van der Waals surface area contributed by atoms with E-state index in [2.05, 4.69) is 73.9 Å². The molecular formula is C61H92N4O7. The summed E-state index contributed by atoms with van der Waals surface area (Å²) < 4.78 is 16.3. The monoisotopic (exact) mass is 993 g/mol. The van der Waals surface area contributed by atoms with E-state index in [1.165, 1.54) is 63.4 Å². The highest BCUT2D eigenvalue weighted by molar-refractivity contribution is 5.77. The zero-order valence-corrected chi connectivity index (χ0v) is 44.8. The van der Waals surface area contributed by atoms with Gasteiger partial charge in [0.05, 0.1) is 0 Å². The van der Waals surface area contributed by atoms with Crippen molar-refractivity contribution in [3.8, 4) is 35.5 Å². The van der Waals surface area contributed by atoms with Gasteiger partial charge in [-0.3, -0.25) is 9.59 Å². The highest BCUT2D eigenvalue weighted by Gasteiger charge is 2.12. The smallest absolute Gasteiger partial charge is 0.329 e. The number of carboxylic acids is 1. The van der Waals surface area contributed by atoms with Crippen LogP contribution < -0.4 is 22.1 Å². The van der Waals surface area contributed by atoms with Crippen LogP contribution in [0.1, 0.15) is 173 Å². The van der Waals surface area contributed by atoms with Gasteiger partial charge in [-0.25, -0.2) is 4.79 Å². The van der Waals surface area contributed by atoms with E-state index in [9.17, 15) is 14.4 Å². The lowest BCUT2D eigenvalue weighted by atomic mass is 10.1. The van der Waals surface area contributed by atoms with Gasteiger partial charge in [0.1, 0.15) is 38.1 Å². The molecule has 3 aromatic carbocycles. The first kappa shape index (κ1) is 66.6. The summed E-state index contributed by atoms with van der Waals surface area (Å²) in [4.78, 5) is 33.7. The van der Waals surface area contributed by atoms with Crippen LogP contribution in [0.5, 0.6) is 0 Å². The van der Waals surface area contributed by atoms with Crippen LogP contribution in [0, 0.1) is 35.5 Å². The number of benzene rings is 3. The third-order valence-electron chi connectivity index (χ3n) is 10.6. The molecule has 0 heterocycles. The molecule has 0 radical (unpaired) electrons. The minimum Gasteiger partial charge on any atom is -0.480 e. The summed E-state index contributed by atoms with van der Waals surface area (Å²) in [6, 6.07) is 29.7. The third-order valence-corrected chi connectivity index (χ3v) is 10.6. The second kappa shape index (κ2) is 50.5. The number of hydrogen-bond donors (Lipinski definition) is 5. The Kier molecular flexibility index (Phi) is 46.7. The minimum absolute atomic E-state index is 0.0854. The second-order valence-electron chi connectivity index (χ2n) is 17.2. The van der Waals surface area contributed by atoms with Crippen LogP contribution >= 0.6 is 0 Å². The van der Waals surface area contributed by atoms with Gasteiger partial charge in [-0.15, -0.1) is 17.8 Å². The average molecular weight is 993 g/mol. The summed E-state index contributed by atoms with van der Waals surface area (Å²) in [7, 11) is 0. The van der Waals surface area contributed by atoms with Crippen LogP contribution in [0.2, 0.25) is 0 Å². The fourth-order valence-electron chi connectivity index (χ4n) is 6.14. The van der Waals surface area contributed by atoms with E-state index in [1.54, 1.807) is 0 Å². The standard InChI is InChI=1S/2C17H21NO2.C10H14O3.C7H9N.2C4H10.C2H7N/c2*19-17(18-13-15-9-5-4-6-10-15)14-20-16-11-7-2-1-3-8-12-16;11-10(12)8-13-9-6-4-2-1-3-5-7-9;8-6-7-4-2-1-3-5-7;2*1-3-4-2;1-2-3/h2*4-6,9-10,16H,1-3,7,11,13-14H2,(H,18,19);9H,1-4,6,8H2,(H,11,12);1-5H,6,8H2;2*3-4H2,1-2H3;2-3H2,1H3. The normalized spacial score (nSPS) is 16.3. The van der Waals surface area contributed by atoms with Gasteiger partial charge < -0.3 is 41.4 Å². The highest BCUT2D eigenvalue weighted by atomic mass is 16.5. The van der Waals surface area contributed by atoms with Gasteiger partial charge in [-0.1, -0.05) is 188 Å². The molecule has 0 saturated carbocycles. The molecule has 398 valence electrons. The van der Waals surface area contributed by atoms with Gasteiger partial charge in [0.2, 0.25) is 11.8 Å². The largest absolute Gasteiger partial charge is 0.480 e. The summed E-state index contributed by atoms with van der Waals surface area (Å²) >= 11 is 0. The molecule has 0 spiro atoms. The Labute approximate surface area is 436 Å². The number of ether oxygens (including phenoxy) is 3. The number of nitrogens with two attached hydrogens (primary N) is 2. The van der Waals surface area contributed by atoms with Crippen molar-refractivity contribution < 1.29 is 33.7 Å². The Morgan fingerprint density at radius 3 is 1.07 bits per heavy atom. The van der Waals surface area contributed by atoms with E-state index < -0.39 is 5.97 Å². The maximum absolute atomic E-state index is 11.7. The van der Waals surface area contributed by atoms with Gasteiger partial charge in [0, 0.05) is 38.9 Å². The Hall–Kier alpha value is -5.45. The van der Waals surface area contributed by atoms with E-state index >= 15 is 0 Å². The Bertz CT molecular complexity index is 1830. The van der Waals surface area contributed by atoms with Crippen molar-refractivity contribution in [2.45, 2.75) is 195 Å². The molecule has 3 unspecified atom stereocenters. The molecule has 3 atom stereocenters. The minimum atomic E-state index is -0.927. The number of hydrogen-bond acceptors (Lipinski definition) is 8. The molecule has 0 aromatic heterocycles. The SMILES string of the molecule is CCCC.CCCC.CCN.NCc1ccccc1.O=C(COC1C#CCCCCC1)NCc1ccccc1.O=C(COC1C#CCCCCC1)NCc1ccccc1.O=C(O)COC1C#CCCCCC1. The van der Waals surface area contributed by atoms with Crippen molar-refractivity contribution in [1.29, 1.82) is 0 Å². The molecular weight excluding hydrogens is 901 g/mol. The molecule has 0 bridgehead atoms. The average Bonchev–Trinajstić information content (AvgIpc) is 3.38. The molecule has 11 heteroatoms. The van der Waals surface area contributed by atoms with Gasteiger partial charge >= 0.3 is 5.97 Å². The number of carbonyl (C=O) groups excluding carboxylic acids is 2. The summed E-state index contributed by atoms with van der Waals surface area (Å²) in [6.45, 7) is 13.0. The van der Waals surface area contributed by atoms with Crippen LogP contribution in [0.25, 0.3) is 0 Å². The van der Waals surface area contributed by atoms with Gasteiger partial charge in [-0.2, -0.15) is 0 Å². The molecule has 3 aliphatic carbocycles. The molecule has 0 saturated heterocycles. The maximum Gasteiger partial charge on any atom is 0.329 e. The zero-order valence-electron chi connectivity index (χ0n) is 44.8. The number of carbonyl (C=O) groups is 3. The van der Waals surface area contributed by atoms with E-state index in [0.29, 0.717) is 19.6 Å². The van der Waals surface area contributed by atoms with E-state index in [1.807, 2.05) is 97.9 Å². The van der Waals surface area contributed by atoms with Crippen LogP contribution in [0.4, 0.5) is 0 Å². The molecule has 72 heavy (non-hydrogen) atoms. The van der Waals surface area contributed by atoms with Crippen molar-refractivity contribution in [1.82, 2.24) is 10.6 Å². The number of carboxylic acid groups (broad SMARTS) is 1. The number of aliphatic carboxylic acids is 1. The van der Waals surface area contributed by atoms with Gasteiger partial charge in [0.25, 0.3) is 0 Å². The number of rotatable bonds is 16. The van der Waals surface area contributed by atoms with Crippen molar-refractivity contribution in [3.05, 3.63) is 108 Å². The van der Waals surface area contributed by atoms with E-state index in [4.69, 9.17) is 30.8 Å². The summed E-state index contributed by atoms with van der Waals surface area (Å²) in [5.74, 6) is 17.3. The summed E-state index contributed by atoms with van der Waals surface area (Å²) in [5.41, 5.74) is 13.6. The topological polar surface area (TPSA) is 175 Å². The predicted molar refractivity (Wildman–Crippen MR) is 296 cm³/mol. The molecule has 2 amide bonds. The molecule has 3 aromatic rings. The fraction of sp³-hybridized carbons (Fsp3) is 0.557. The lowest BCUT2D eigenvalue weighted by Gasteiger charge is -2.13. The Morgan fingerprint density at radius 2 is 0.792 bits per heavy atom. The number of nitrogens with one attached hydrogen (secondary N) is 2. The summed E-state index contributed by atoms with van der Waals surface area (Å²) in [6.07, 6.45) is 20.9. The zero-order chi connectivity index (χ0) is 53.0. The number of unbranched alkanes of at least 4 members (excludes halogenated alkanes) is 2. The van der Waals surface area contributed by atoms with Crippen molar-refractivity contribution in [2.24, 2.45) is 11.5 Å². The molecule has 6 rings (SSSR count). The van der Waals surface area contributed by atoms with Gasteiger partial charge in [0.15, 0.2) is 0 Å².